The SMILES string of the molecule is C[C@H](NC(=O)COC(=O)COc1cccc(F)c1)c1cccc2ccccc12. The fourth-order valence-corrected chi connectivity index (χ4v) is 2.88. The second-order valence-corrected chi connectivity index (χ2v) is 6.26. The van der Waals surface area contributed by atoms with Gasteiger partial charge in [0.1, 0.15) is 11.6 Å². The number of rotatable bonds is 7. The third-order valence-corrected chi connectivity index (χ3v) is 4.18. The molecule has 144 valence electrons. The van der Waals surface area contributed by atoms with Crippen LogP contribution in [0.5, 0.6) is 5.75 Å². The molecule has 0 aliphatic carbocycles. The molecule has 6 heteroatoms. The smallest absolute Gasteiger partial charge is 0.344 e. The minimum atomic E-state index is -0.711. The molecule has 0 radical (unpaired) electrons. The molecule has 0 unspecified atom stereocenters. The molecule has 0 saturated heterocycles. The molecule has 1 atom stereocenters. The standard InChI is InChI=1S/C22H20FNO4/c1-15(19-11-4-7-16-6-2-3-10-20(16)19)24-21(25)13-28-22(26)14-27-18-9-5-8-17(23)12-18/h2-12,15H,13-14H2,1H3,(H,24,25)/t15-/m0/s1. The number of amides is 1. The second kappa shape index (κ2) is 8.99. The van der Waals surface area contributed by atoms with E-state index in [0.717, 1.165) is 22.4 Å². The van der Waals surface area contributed by atoms with Gasteiger partial charge in [0.05, 0.1) is 6.04 Å². The Bertz CT molecular complexity index is 984. The summed E-state index contributed by atoms with van der Waals surface area (Å²) in [4.78, 5) is 23.8. The number of esters is 1. The summed E-state index contributed by atoms with van der Waals surface area (Å²) in [5.74, 6) is -1.38. The lowest BCUT2D eigenvalue weighted by molar-refractivity contribution is -0.150. The van der Waals surface area contributed by atoms with Gasteiger partial charge in [-0.1, -0.05) is 48.5 Å². The van der Waals surface area contributed by atoms with Crippen molar-refractivity contribution in [2.24, 2.45) is 0 Å². The van der Waals surface area contributed by atoms with Gasteiger partial charge in [-0.3, -0.25) is 4.79 Å². The van der Waals surface area contributed by atoms with Gasteiger partial charge in [-0.25, -0.2) is 9.18 Å². The monoisotopic (exact) mass is 381 g/mol. The molecule has 0 saturated carbocycles. The Morgan fingerprint density at radius 3 is 2.57 bits per heavy atom. The molecule has 0 aliphatic rings. The van der Waals surface area contributed by atoms with Crippen LogP contribution in [0.3, 0.4) is 0 Å². The predicted molar refractivity (Wildman–Crippen MR) is 103 cm³/mol. The Labute approximate surface area is 162 Å². The van der Waals surface area contributed by atoms with Gasteiger partial charge >= 0.3 is 5.97 Å². The minimum absolute atomic E-state index is 0.214. The van der Waals surface area contributed by atoms with E-state index < -0.39 is 30.9 Å². The number of hydrogen-bond acceptors (Lipinski definition) is 4. The average Bonchev–Trinajstić information content (AvgIpc) is 2.70. The van der Waals surface area contributed by atoms with Gasteiger partial charge in [0.25, 0.3) is 5.91 Å². The molecular weight excluding hydrogens is 361 g/mol. The fourth-order valence-electron chi connectivity index (χ4n) is 2.88. The van der Waals surface area contributed by atoms with E-state index >= 15 is 0 Å². The van der Waals surface area contributed by atoms with Crippen LogP contribution in [-0.2, 0) is 14.3 Å². The Hall–Kier alpha value is -3.41. The summed E-state index contributed by atoms with van der Waals surface area (Å²) in [6, 6.07) is 19.0. The lowest BCUT2D eigenvalue weighted by Gasteiger charge is -2.16. The number of hydrogen-bond donors (Lipinski definition) is 1. The molecule has 3 rings (SSSR count). The van der Waals surface area contributed by atoms with Crippen molar-refractivity contribution in [3.63, 3.8) is 0 Å². The van der Waals surface area contributed by atoms with E-state index in [4.69, 9.17) is 9.47 Å². The van der Waals surface area contributed by atoms with Crippen LogP contribution in [0.25, 0.3) is 10.8 Å². The molecule has 28 heavy (non-hydrogen) atoms. The van der Waals surface area contributed by atoms with Crippen molar-refractivity contribution in [3.05, 3.63) is 78.1 Å². The van der Waals surface area contributed by atoms with E-state index in [0.29, 0.717) is 0 Å². The molecule has 0 heterocycles. The number of carbonyl (C=O) groups excluding carboxylic acids is 2. The Balaban J connectivity index is 1.49. The van der Waals surface area contributed by atoms with Gasteiger partial charge in [-0.15, -0.1) is 0 Å². The Morgan fingerprint density at radius 2 is 1.75 bits per heavy atom. The first kappa shape index (κ1) is 19.4. The number of ether oxygens (including phenoxy) is 2. The molecule has 0 bridgehead atoms. The largest absolute Gasteiger partial charge is 0.482 e. The summed E-state index contributed by atoms with van der Waals surface area (Å²) >= 11 is 0. The first-order valence-electron chi connectivity index (χ1n) is 8.84. The van der Waals surface area contributed by atoms with Crippen molar-refractivity contribution in [1.82, 2.24) is 5.32 Å². The lowest BCUT2D eigenvalue weighted by Crippen LogP contribution is -2.32. The molecule has 3 aromatic rings. The van der Waals surface area contributed by atoms with Crippen LogP contribution in [0.15, 0.2) is 66.7 Å². The zero-order valence-electron chi connectivity index (χ0n) is 15.4. The summed E-state index contributed by atoms with van der Waals surface area (Å²) in [6.45, 7) is 1.05. The maximum absolute atomic E-state index is 13.1. The Morgan fingerprint density at radius 1 is 1.00 bits per heavy atom. The third kappa shape index (κ3) is 5.07. The average molecular weight is 381 g/mol. The van der Waals surface area contributed by atoms with Crippen LogP contribution in [0.2, 0.25) is 0 Å². The zero-order valence-corrected chi connectivity index (χ0v) is 15.4. The highest BCUT2D eigenvalue weighted by Crippen LogP contribution is 2.23. The molecule has 0 fully saturated rings. The van der Waals surface area contributed by atoms with Crippen LogP contribution in [0, 0.1) is 5.82 Å². The number of fused-ring (bicyclic) bond motifs is 1. The number of benzene rings is 3. The number of carbonyl (C=O) groups is 2. The lowest BCUT2D eigenvalue weighted by atomic mass is 10.00. The van der Waals surface area contributed by atoms with Crippen LogP contribution in [0.4, 0.5) is 4.39 Å². The molecule has 3 aromatic carbocycles. The molecule has 5 nitrogen and oxygen atoms in total. The van der Waals surface area contributed by atoms with E-state index in [2.05, 4.69) is 5.32 Å². The normalized spacial score (nSPS) is 11.6. The van der Waals surface area contributed by atoms with Crippen LogP contribution < -0.4 is 10.1 Å². The summed E-state index contributed by atoms with van der Waals surface area (Å²) in [7, 11) is 0. The van der Waals surface area contributed by atoms with Gasteiger partial charge in [0, 0.05) is 6.07 Å². The minimum Gasteiger partial charge on any atom is -0.482 e. The van der Waals surface area contributed by atoms with Crippen molar-refractivity contribution in [1.29, 1.82) is 0 Å². The molecular formula is C22H20FNO4. The van der Waals surface area contributed by atoms with Gasteiger partial charge in [-0.2, -0.15) is 0 Å². The van der Waals surface area contributed by atoms with Crippen LogP contribution >= 0.6 is 0 Å². The molecule has 0 spiro atoms. The zero-order chi connectivity index (χ0) is 19.9. The van der Waals surface area contributed by atoms with Crippen LogP contribution in [-0.4, -0.2) is 25.1 Å². The number of halogens is 1. The van der Waals surface area contributed by atoms with Crippen molar-refractivity contribution >= 4 is 22.6 Å². The van der Waals surface area contributed by atoms with E-state index in [-0.39, 0.29) is 11.8 Å². The maximum atomic E-state index is 13.1. The summed E-state index contributed by atoms with van der Waals surface area (Å²) in [5.41, 5.74) is 0.979. The highest BCUT2D eigenvalue weighted by Gasteiger charge is 2.14. The Kier molecular flexibility index (Phi) is 6.22. The van der Waals surface area contributed by atoms with E-state index in [9.17, 15) is 14.0 Å². The first-order chi connectivity index (χ1) is 13.5. The van der Waals surface area contributed by atoms with E-state index in [1.165, 1.54) is 18.2 Å². The van der Waals surface area contributed by atoms with E-state index in [1.807, 2.05) is 49.4 Å². The summed E-state index contributed by atoms with van der Waals surface area (Å²) in [6.07, 6.45) is 0. The molecule has 1 amide bonds. The number of nitrogens with one attached hydrogen (secondary N) is 1. The van der Waals surface area contributed by atoms with Crippen molar-refractivity contribution < 1.29 is 23.5 Å². The second-order valence-electron chi connectivity index (χ2n) is 6.26. The van der Waals surface area contributed by atoms with Gasteiger partial charge in [0.15, 0.2) is 13.2 Å². The van der Waals surface area contributed by atoms with Gasteiger partial charge < -0.3 is 14.8 Å². The highest BCUT2D eigenvalue weighted by atomic mass is 19.1. The van der Waals surface area contributed by atoms with Crippen molar-refractivity contribution in [2.45, 2.75) is 13.0 Å². The van der Waals surface area contributed by atoms with Crippen LogP contribution in [0.1, 0.15) is 18.5 Å². The quantitative estimate of drug-likeness (QED) is 0.633. The first-order valence-corrected chi connectivity index (χ1v) is 8.84. The predicted octanol–water partition coefficient (Wildman–Crippen LogP) is 3.78. The molecule has 0 aromatic heterocycles. The van der Waals surface area contributed by atoms with E-state index in [1.54, 1.807) is 0 Å². The van der Waals surface area contributed by atoms with Crippen molar-refractivity contribution in [2.75, 3.05) is 13.2 Å². The summed E-state index contributed by atoms with van der Waals surface area (Å²) in [5, 5.41) is 4.96. The van der Waals surface area contributed by atoms with Crippen molar-refractivity contribution in [3.8, 4) is 5.75 Å². The maximum Gasteiger partial charge on any atom is 0.344 e. The third-order valence-electron chi connectivity index (χ3n) is 4.18. The van der Waals surface area contributed by atoms with Gasteiger partial charge in [0.2, 0.25) is 0 Å². The molecule has 0 aliphatic heterocycles. The van der Waals surface area contributed by atoms with Gasteiger partial charge in [-0.05, 0) is 35.4 Å². The highest BCUT2D eigenvalue weighted by molar-refractivity contribution is 5.87. The fraction of sp³-hybridized carbons (Fsp3) is 0.182. The molecule has 1 N–H and O–H groups in total. The summed E-state index contributed by atoms with van der Waals surface area (Å²) < 4.78 is 23.1. The topological polar surface area (TPSA) is 64.6 Å².